The minimum Gasteiger partial charge on any atom is -0.356 e. The van der Waals surface area contributed by atoms with Gasteiger partial charge in [0.05, 0.1) is 6.54 Å². The van der Waals surface area contributed by atoms with E-state index in [4.69, 9.17) is 0 Å². The van der Waals surface area contributed by atoms with Crippen molar-refractivity contribution in [3.63, 3.8) is 0 Å². The first-order valence-corrected chi connectivity index (χ1v) is 10.5. The second-order valence-electron chi connectivity index (χ2n) is 6.98. The predicted molar refractivity (Wildman–Crippen MR) is 107 cm³/mol. The fourth-order valence-electron chi connectivity index (χ4n) is 2.60. The van der Waals surface area contributed by atoms with Crippen molar-refractivity contribution in [1.29, 1.82) is 0 Å². The number of amides is 1. The fraction of sp³-hybridized carbons (Fsp3) is 0.765. The summed E-state index contributed by atoms with van der Waals surface area (Å²) in [5, 5.41) is 11.4. The fourth-order valence-corrected chi connectivity index (χ4v) is 2.90. The first-order valence-electron chi connectivity index (χ1n) is 9.08. The van der Waals surface area contributed by atoms with Gasteiger partial charge in [0.15, 0.2) is 11.8 Å². The number of carbonyl (C=O) groups excluding carboxylic acids is 1. The van der Waals surface area contributed by atoms with E-state index in [0.717, 1.165) is 43.3 Å². The smallest absolute Gasteiger partial charge is 0.243 e. The van der Waals surface area contributed by atoms with E-state index in [-0.39, 0.29) is 18.5 Å². The molecule has 26 heavy (non-hydrogen) atoms. The first-order chi connectivity index (χ1) is 12.4. The average Bonchev–Trinajstić information content (AvgIpc) is 3.03. The van der Waals surface area contributed by atoms with Crippen LogP contribution in [0.5, 0.6) is 0 Å². The summed E-state index contributed by atoms with van der Waals surface area (Å²) < 4.78 is 2.00. The Kier molecular flexibility index (Phi) is 7.74. The Hall–Kier alpha value is -1.77. The van der Waals surface area contributed by atoms with Crippen LogP contribution in [0.3, 0.4) is 0 Å². The highest BCUT2D eigenvalue weighted by molar-refractivity contribution is 7.98. The van der Waals surface area contributed by atoms with E-state index in [1.54, 1.807) is 30.8 Å². The second-order valence-corrected chi connectivity index (χ2v) is 7.96. The van der Waals surface area contributed by atoms with Crippen molar-refractivity contribution in [2.45, 2.75) is 45.2 Å². The molecule has 2 heterocycles. The molecule has 8 nitrogen and oxygen atoms in total. The molecule has 0 fully saturated rings. The number of hydrogen-bond donors (Lipinski definition) is 2. The molecule has 146 valence electrons. The summed E-state index contributed by atoms with van der Waals surface area (Å²) in [6.07, 6.45) is 3.94. The highest BCUT2D eigenvalue weighted by atomic mass is 32.2. The number of fused-ring (bicyclic) bond motifs is 1. The molecular weight excluding hydrogens is 350 g/mol. The third-order valence-corrected chi connectivity index (χ3v) is 4.81. The number of carbonyl (C=O) groups is 1. The zero-order chi connectivity index (χ0) is 19.1. The highest BCUT2D eigenvalue weighted by Gasteiger charge is 2.23. The van der Waals surface area contributed by atoms with E-state index >= 15 is 0 Å². The van der Waals surface area contributed by atoms with Gasteiger partial charge in [-0.1, -0.05) is 13.8 Å². The molecule has 2 rings (SSSR count). The molecule has 0 bridgehead atoms. The number of guanidine groups is 1. The second kappa shape index (κ2) is 9.80. The van der Waals surface area contributed by atoms with E-state index in [2.05, 4.69) is 45.8 Å². The van der Waals surface area contributed by atoms with Gasteiger partial charge in [0.25, 0.3) is 0 Å². The standard InChI is InChI=1S/C17H31N7OS/c1-12(2)16-21-14-7-6-13(11-24(14)22-16)20-17(18-8-9-26-5)19-10-15(25)23(3)4/h12-13H,6-11H2,1-5H3,(H2,18,19,20). The summed E-state index contributed by atoms with van der Waals surface area (Å²) in [6.45, 7) is 5.93. The summed E-state index contributed by atoms with van der Waals surface area (Å²) in [5.74, 6) is 3.96. The summed E-state index contributed by atoms with van der Waals surface area (Å²) in [4.78, 5) is 22.5. The number of aliphatic imine (C=N–C) groups is 1. The molecule has 1 amide bonds. The van der Waals surface area contributed by atoms with Gasteiger partial charge in [-0.05, 0) is 12.7 Å². The molecule has 1 atom stereocenters. The SMILES string of the molecule is CSCCNC(=NCC(=O)N(C)C)NC1CCc2nc(C(C)C)nn2C1. The minimum atomic E-state index is -0.0141. The van der Waals surface area contributed by atoms with Gasteiger partial charge in [0.1, 0.15) is 12.4 Å². The van der Waals surface area contributed by atoms with Crippen LogP contribution in [-0.2, 0) is 17.8 Å². The predicted octanol–water partition coefficient (Wildman–Crippen LogP) is 0.703. The molecule has 0 saturated carbocycles. The lowest BCUT2D eigenvalue weighted by Gasteiger charge is -2.25. The summed E-state index contributed by atoms with van der Waals surface area (Å²) in [5.41, 5.74) is 0. The van der Waals surface area contributed by atoms with Gasteiger partial charge >= 0.3 is 0 Å². The number of likely N-dealkylation sites (N-methyl/N-ethyl adjacent to an activating group) is 1. The maximum Gasteiger partial charge on any atom is 0.243 e. The normalized spacial score (nSPS) is 17.2. The molecule has 1 unspecified atom stereocenters. The lowest BCUT2D eigenvalue weighted by Crippen LogP contribution is -2.48. The molecule has 1 aliphatic rings. The average molecular weight is 382 g/mol. The van der Waals surface area contributed by atoms with Gasteiger partial charge in [0.2, 0.25) is 5.91 Å². The maximum absolute atomic E-state index is 11.8. The number of aryl methyl sites for hydroxylation is 1. The molecule has 0 saturated heterocycles. The van der Waals surface area contributed by atoms with Crippen LogP contribution in [-0.4, -0.2) is 76.8 Å². The molecule has 1 aromatic heterocycles. The van der Waals surface area contributed by atoms with Crippen LogP contribution in [0.15, 0.2) is 4.99 Å². The Labute approximate surface area is 160 Å². The van der Waals surface area contributed by atoms with Gasteiger partial charge in [0, 0.05) is 44.8 Å². The van der Waals surface area contributed by atoms with Gasteiger partial charge in [-0.15, -0.1) is 0 Å². The van der Waals surface area contributed by atoms with Crippen molar-refractivity contribution in [3.05, 3.63) is 11.6 Å². The molecule has 1 aromatic rings. The van der Waals surface area contributed by atoms with E-state index in [1.807, 2.05) is 4.68 Å². The summed E-state index contributed by atoms with van der Waals surface area (Å²) in [6, 6.07) is 0.221. The van der Waals surface area contributed by atoms with E-state index in [1.165, 1.54) is 0 Å². The van der Waals surface area contributed by atoms with Crippen LogP contribution in [0.2, 0.25) is 0 Å². The number of aromatic nitrogens is 3. The Morgan fingerprint density at radius 2 is 2.23 bits per heavy atom. The van der Waals surface area contributed by atoms with Crippen molar-refractivity contribution < 1.29 is 4.79 Å². The van der Waals surface area contributed by atoms with Crippen molar-refractivity contribution in [3.8, 4) is 0 Å². The van der Waals surface area contributed by atoms with E-state index in [0.29, 0.717) is 11.9 Å². The third-order valence-electron chi connectivity index (χ3n) is 4.20. The Bertz CT molecular complexity index is 627. The lowest BCUT2D eigenvalue weighted by atomic mass is 10.1. The minimum absolute atomic E-state index is 0.0141. The molecular formula is C17H31N7OS. The number of thioether (sulfide) groups is 1. The maximum atomic E-state index is 11.8. The molecule has 2 N–H and O–H groups in total. The monoisotopic (exact) mass is 381 g/mol. The highest BCUT2D eigenvalue weighted by Crippen LogP contribution is 2.16. The van der Waals surface area contributed by atoms with Crippen molar-refractivity contribution in [2.24, 2.45) is 4.99 Å². The van der Waals surface area contributed by atoms with Gasteiger partial charge in [-0.2, -0.15) is 16.9 Å². The number of rotatable bonds is 7. The quantitative estimate of drug-likeness (QED) is 0.411. The zero-order valence-corrected chi connectivity index (χ0v) is 17.3. The molecule has 0 spiro atoms. The third kappa shape index (κ3) is 5.89. The van der Waals surface area contributed by atoms with E-state index in [9.17, 15) is 4.79 Å². The molecule has 0 aromatic carbocycles. The topological polar surface area (TPSA) is 87.4 Å². The van der Waals surface area contributed by atoms with Crippen LogP contribution in [0.1, 0.15) is 37.8 Å². The molecule has 0 aliphatic carbocycles. The number of hydrogen-bond acceptors (Lipinski definition) is 5. The Morgan fingerprint density at radius 1 is 1.46 bits per heavy atom. The van der Waals surface area contributed by atoms with Crippen LogP contribution < -0.4 is 10.6 Å². The number of nitrogens with zero attached hydrogens (tertiary/aromatic N) is 5. The largest absolute Gasteiger partial charge is 0.356 e. The van der Waals surface area contributed by atoms with Crippen molar-refractivity contribution in [2.75, 3.05) is 39.2 Å². The summed E-state index contributed by atoms with van der Waals surface area (Å²) >= 11 is 1.77. The van der Waals surface area contributed by atoms with Crippen LogP contribution >= 0.6 is 11.8 Å². The van der Waals surface area contributed by atoms with Crippen molar-refractivity contribution >= 4 is 23.6 Å². The van der Waals surface area contributed by atoms with Gasteiger partial charge in [-0.25, -0.2) is 14.7 Å². The van der Waals surface area contributed by atoms with Crippen LogP contribution in [0.25, 0.3) is 0 Å². The summed E-state index contributed by atoms with van der Waals surface area (Å²) in [7, 11) is 3.48. The molecule has 9 heteroatoms. The molecule has 1 aliphatic heterocycles. The van der Waals surface area contributed by atoms with E-state index < -0.39 is 0 Å². The first kappa shape index (κ1) is 20.5. The lowest BCUT2D eigenvalue weighted by molar-refractivity contribution is -0.127. The van der Waals surface area contributed by atoms with Crippen LogP contribution in [0, 0.1) is 0 Å². The number of nitrogens with one attached hydrogen (secondary N) is 2. The van der Waals surface area contributed by atoms with Crippen molar-refractivity contribution in [1.82, 2.24) is 30.3 Å². The molecule has 0 radical (unpaired) electrons. The zero-order valence-electron chi connectivity index (χ0n) is 16.4. The van der Waals surface area contributed by atoms with Crippen LogP contribution in [0.4, 0.5) is 0 Å². The van der Waals surface area contributed by atoms with Gasteiger partial charge < -0.3 is 15.5 Å². The van der Waals surface area contributed by atoms with Gasteiger partial charge in [-0.3, -0.25) is 4.79 Å². The Balaban J connectivity index is 2.00. The Morgan fingerprint density at radius 3 is 2.88 bits per heavy atom.